The van der Waals surface area contributed by atoms with Crippen LogP contribution < -0.4 is 5.32 Å². The van der Waals surface area contributed by atoms with E-state index < -0.39 is 0 Å². The van der Waals surface area contributed by atoms with Gasteiger partial charge in [0.15, 0.2) is 0 Å². The van der Waals surface area contributed by atoms with Gasteiger partial charge in [0.05, 0.1) is 26.8 Å². The molecular formula is C11H7Cl2N3. The van der Waals surface area contributed by atoms with Crippen LogP contribution in [0.3, 0.4) is 0 Å². The van der Waals surface area contributed by atoms with Crippen molar-refractivity contribution >= 4 is 39.8 Å². The van der Waals surface area contributed by atoms with Gasteiger partial charge in [0.1, 0.15) is 6.07 Å². The molecule has 1 heterocycles. The molecule has 5 heteroatoms. The van der Waals surface area contributed by atoms with Crippen LogP contribution in [-0.4, -0.2) is 12.0 Å². The van der Waals surface area contributed by atoms with Crippen molar-refractivity contribution in [1.82, 2.24) is 4.98 Å². The standard InChI is InChI=1S/C11H7Cl2N3/c1-15-10-6(4-14)5-16-11-7(10)2-3-8(12)9(11)13/h2-3,5H,1H3,(H,15,16). The maximum Gasteiger partial charge on any atom is 0.103 e. The summed E-state index contributed by atoms with van der Waals surface area (Å²) in [7, 11) is 1.75. The van der Waals surface area contributed by atoms with Gasteiger partial charge in [-0.1, -0.05) is 23.2 Å². The van der Waals surface area contributed by atoms with Gasteiger partial charge in [0.25, 0.3) is 0 Å². The lowest BCUT2D eigenvalue weighted by Gasteiger charge is -2.08. The molecule has 1 aromatic carbocycles. The lowest BCUT2D eigenvalue weighted by atomic mass is 10.1. The van der Waals surface area contributed by atoms with E-state index in [4.69, 9.17) is 28.5 Å². The monoisotopic (exact) mass is 251 g/mol. The Morgan fingerprint density at radius 1 is 1.38 bits per heavy atom. The molecule has 0 saturated carbocycles. The van der Waals surface area contributed by atoms with Gasteiger partial charge in [-0.3, -0.25) is 4.98 Å². The van der Waals surface area contributed by atoms with Gasteiger partial charge < -0.3 is 5.32 Å². The highest BCUT2D eigenvalue weighted by atomic mass is 35.5. The molecule has 3 nitrogen and oxygen atoms in total. The Labute approximate surface area is 103 Å². The molecule has 0 atom stereocenters. The Hall–Kier alpha value is -1.50. The van der Waals surface area contributed by atoms with Crippen LogP contribution in [0, 0.1) is 11.3 Å². The van der Waals surface area contributed by atoms with E-state index in [0.29, 0.717) is 26.8 Å². The lowest BCUT2D eigenvalue weighted by molar-refractivity contribution is 1.35. The fourth-order valence-corrected chi connectivity index (χ4v) is 1.93. The van der Waals surface area contributed by atoms with E-state index in [0.717, 1.165) is 5.39 Å². The van der Waals surface area contributed by atoms with Crippen LogP contribution in [0.5, 0.6) is 0 Å². The minimum atomic E-state index is 0.403. The number of anilines is 1. The molecule has 0 unspecified atom stereocenters. The highest BCUT2D eigenvalue weighted by molar-refractivity contribution is 6.45. The third-order valence-corrected chi connectivity index (χ3v) is 3.10. The van der Waals surface area contributed by atoms with Gasteiger partial charge in [-0.2, -0.15) is 5.26 Å². The summed E-state index contributed by atoms with van der Waals surface area (Å²) in [4.78, 5) is 4.14. The zero-order valence-corrected chi connectivity index (χ0v) is 9.89. The number of nitrogens with zero attached hydrogens (tertiary/aromatic N) is 2. The summed E-state index contributed by atoms with van der Waals surface area (Å²) in [5.41, 5.74) is 1.79. The number of benzene rings is 1. The second kappa shape index (κ2) is 4.17. The maximum atomic E-state index is 8.94. The van der Waals surface area contributed by atoms with E-state index in [9.17, 15) is 0 Å². The first-order chi connectivity index (χ1) is 7.69. The number of nitrogens with one attached hydrogen (secondary N) is 1. The van der Waals surface area contributed by atoms with Crippen molar-refractivity contribution in [3.05, 3.63) is 33.9 Å². The molecule has 0 radical (unpaired) electrons. The molecule has 80 valence electrons. The van der Waals surface area contributed by atoms with E-state index in [1.165, 1.54) is 6.20 Å². The van der Waals surface area contributed by atoms with Crippen LogP contribution in [-0.2, 0) is 0 Å². The normalized spacial score (nSPS) is 10.1. The minimum absolute atomic E-state index is 0.403. The van der Waals surface area contributed by atoms with Gasteiger partial charge in [-0.05, 0) is 12.1 Å². The smallest absolute Gasteiger partial charge is 0.103 e. The van der Waals surface area contributed by atoms with Crippen molar-refractivity contribution < 1.29 is 0 Å². The van der Waals surface area contributed by atoms with E-state index in [1.807, 2.05) is 0 Å². The summed E-state index contributed by atoms with van der Waals surface area (Å²) in [5.74, 6) is 0. The quantitative estimate of drug-likeness (QED) is 0.845. The summed E-state index contributed by atoms with van der Waals surface area (Å²) < 4.78 is 0. The second-order valence-corrected chi connectivity index (χ2v) is 3.95. The number of hydrogen-bond donors (Lipinski definition) is 1. The van der Waals surface area contributed by atoms with Crippen molar-refractivity contribution in [3.8, 4) is 6.07 Å². The van der Waals surface area contributed by atoms with Crippen molar-refractivity contribution in [3.63, 3.8) is 0 Å². The highest BCUT2D eigenvalue weighted by Crippen LogP contribution is 2.34. The van der Waals surface area contributed by atoms with Crippen molar-refractivity contribution in [2.24, 2.45) is 0 Å². The molecule has 0 aliphatic rings. The fraction of sp³-hybridized carbons (Fsp3) is 0.0909. The SMILES string of the molecule is CNc1c(C#N)cnc2c(Cl)c(Cl)ccc12. The molecule has 0 bridgehead atoms. The molecule has 2 rings (SSSR count). The molecule has 16 heavy (non-hydrogen) atoms. The molecule has 1 N–H and O–H groups in total. The summed E-state index contributed by atoms with van der Waals surface area (Å²) in [6, 6.07) is 5.56. The first-order valence-corrected chi connectivity index (χ1v) is 5.29. The van der Waals surface area contributed by atoms with Crippen LogP contribution >= 0.6 is 23.2 Å². The van der Waals surface area contributed by atoms with Crippen LogP contribution in [0.4, 0.5) is 5.69 Å². The van der Waals surface area contributed by atoms with Gasteiger partial charge in [0.2, 0.25) is 0 Å². The summed E-state index contributed by atoms with van der Waals surface area (Å²) >= 11 is 11.9. The van der Waals surface area contributed by atoms with E-state index in [2.05, 4.69) is 16.4 Å². The number of pyridine rings is 1. The van der Waals surface area contributed by atoms with E-state index in [1.54, 1.807) is 19.2 Å². The van der Waals surface area contributed by atoms with Gasteiger partial charge in [-0.25, -0.2) is 0 Å². The van der Waals surface area contributed by atoms with Crippen LogP contribution in [0.15, 0.2) is 18.3 Å². The Morgan fingerprint density at radius 2 is 2.12 bits per heavy atom. The first kappa shape index (κ1) is 11.0. The summed E-state index contributed by atoms with van der Waals surface area (Å²) in [6.45, 7) is 0. The summed E-state index contributed by atoms with van der Waals surface area (Å²) in [6.07, 6.45) is 1.48. The second-order valence-electron chi connectivity index (χ2n) is 3.17. The zero-order chi connectivity index (χ0) is 11.7. The van der Waals surface area contributed by atoms with Crippen molar-refractivity contribution in [1.29, 1.82) is 5.26 Å². The van der Waals surface area contributed by atoms with Crippen molar-refractivity contribution in [2.75, 3.05) is 12.4 Å². The van der Waals surface area contributed by atoms with E-state index in [-0.39, 0.29) is 0 Å². The number of rotatable bonds is 1. The van der Waals surface area contributed by atoms with Gasteiger partial charge in [0, 0.05) is 18.6 Å². The molecule has 2 aromatic rings. The maximum absolute atomic E-state index is 8.94. The Bertz CT molecular complexity index is 602. The third-order valence-electron chi connectivity index (χ3n) is 2.30. The summed E-state index contributed by atoms with van der Waals surface area (Å²) in [5, 5.41) is 13.6. The molecular weight excluding hydrogens is 245 g/mol. The number of fused-ring (bicyclic) bond motifs is 1. The minimum Gasteiger partial charge on any atom is -0.386 e. The Morgan fingerprint density at radius 3 is 2.75 bits per heavy atom. The van der Waals surface area contributed by atoms with Crippen LogP contribution in [0.25, 0.3) is 10.9 Å². The van der Waals surface area contributed by atoms with E-state index >= 15 is 0 Å². The predicted molar refractivity (Wildman–Crippen MR) is 66.0 cm³/mol. The highest BCUT2D eigenvalue weighted by Gasteiger charge is 2.11. The molecule has 1 aromatic heterocycles. The molecule has 0 fully saturated rings. The zero-order valence-electron chi connectivity index (χ0n) is 8.38. The first-order valence-electron chi connectivity index (χ1n) is 4.53. The van der Waals surface area contributed by atoms with Crippen LogP contribution in [0.1, 0.15) is 5.56 Å². The Kier molecular flexibility index (Phi) is 2.86. The number of aromatic nitrogens is 1. The Balaban J connectivity index is 2.91. The molecule has 0 aliphatic carbocycles. The van der Waals surface area contributed by atoms with Gasteiger partial charge >= 0.3 is 0 Å². The van der Waals surface area contributed by atoms with Crippen molar-refractivity contribution in [2.45, 2.75) is 0 Å². The lowest BCUT2D eigenvalue weighted by Crippen LogP contribution is -1.96. The number of nitriles is 1. The average Bonchev–Trinajstić information content (AvgIpc) is 2.32. The average molecular weight is 252 g/mol. The molecule has 0 spiro atoms. The fourth-order valence-electron chi connectivity index (χ4n) is 1.56. The van der Waals surface area contributed by atoms with Gasteiger partial charge in [-0.15, -0.1) is 0 Å². The van der Waals surface area contributed by atoms with Crippen LogP contribution in [0.2, 0.25) is 10.0 Å². The predicted octanol–water partition coefficient (Wildman–Crippen LogP) is 3.45. The number of hydrogen-bond acceptors (Lipinski definition) is 3. The molecule has 0 amide bonds. The topological polar surface area (TPSA) is 48.7 Å². The third kappa shape index (κ3) is 1.57. The molecule has 0 saturated heterocycles. The molecule has 0 aliphatic heterocycles. The largest absolute Gasteiger partial charge is 0.386 e. The number of halogens is 2.